The summed E-state index contributed by atoms with van der Waals surface area (Å²) in [7, 11) is 0. The molecule has 1 heterocycles. The van der Waals surface area contributed by atoms with Crippen LogP contribution in [0.2, 0.25) is 0 Å². The van der Waals surface area contributed by atoms with Crippen molar-refractivity contribution in [1.82, 2.24) is 5.32 Å². The summed E-state index contributed by atoms with van der Waals surface area (Å²) in [6, 6.07) is 0. The lowest BCUT2D eigenvalue weighted by molar-refractivity contribution is -0.136. The van der Waals surface area contributed by atoms with Gasteiger partial charge in [0, 0.05) is 12.3 Å². The predicted molar refractivity (Wildman–Crippen MR) is 49.3 cm³/mol. The van der Waals surface area contributed by atoms with Gasteiger partial charge >= 0.3 is 5.97 Å². The Labute approximate surface area is 84.1 Å². The highest BCUT2D eigenvalue weighted by Crippen LogP contribution is 2.12. The molecule has 0 aromatic carbocycles. The van der Waals surface area contributed by atoms with Crippen LogP contribution in [-0.4, -0.2) is 51.9 Å². The standard InChI is InChI=1S/C4H7NO2S.2CH2O2/c6-4(7)3-5-1-2-8-3;2*2-1-3/h3,5H,1-2H2,(H,6,7);2*1H,(H,2,3). The average molecular weight is 225 g/mol. The van der Waals surface area contributed by atoms with Gasteiger partial charge in [0.25, 0.3) is 12.9 Å². The van der Waals surface area contributed by atoms with Crippen LogP contribution in [0.15, 0.2) is 0 Å². The molecule has 4 N–H and O–H groups in total. The monoisotopic (exact) mass is 225 g/mol. The molecule has 0 spiro atoms. The molecule has 1 aliphatic heterocycles. The molecule has 1 saturated heterocycles. The van der Waals surface area contributed by atoms with Gasteiger partial charge in [0.15, 0.2) is 5.37 Å². The van der Waals surface area contributed by atoms with E-state index in [-0.39, 0.29) is 18.3 Å². The van der Waals surface area contributed by atoms with E-state index in [1.54, 1.807) is 0 Å². The molecule has 0 amide bonds. The van der Waals surface area contributed by atoms with E-state index >= 15 is 0 Å². The van der Waals surface area contributed by atoms with Crippen molar-refractivity contribution in [3.8, 4) is 0 Å². The Kier molecular flexibility index (Phi) is 12.7. The van der Waals surface area contributed by atoms with Crippen molar-refractivity contribution in [2.24, 2.45) is 0 Å². The largest absolute Gasteiger partial charge is 0.483 e. The van der Waals surface area contributed by atoms with Crippen LogP contribution in [0.25, 0.3) is 0 Å². The molecule has 0 bridgehead atoms. The van der Waals surface area contributed by atoms with Crippen LogP contribution in [0.3, 0.4) is 0 Å². The highest BCUT2D eigenvalue weighted by molar-refractivity contribution is 8.00. The molecule has 0 aliphatic carbocycles. The van der Waals surface area contributed by atoms with Gasteiger partial charge in [-0.25, -0.2) is 4.79 Å². The summed E-state index contributed by atoms with van der Waals surface area (Å²) < 4.78 is 0. The second-order valence-electron chi connectivity index (χ2n) is 1.75. The molecular weight excluding hydrogens is 214 g/mol. The summed E-state index contributed by atoms with van der Waals surface area (Å²) in [6.07, 6.45) is 0. The SMILES string of the molecule is O=C(O)C1NCCS1.O=CO.O=CO. The van der Waals surface area contributed by atoms with E-state index in [1.807, 2.05) is 0 Å². The Balaban J connectivity index is 0. The third-order valence-electron chi connectivity index (χ3n) is 0.941. The number of carboxylic acid groups (broad SMARTS) is 3. The fourth-order valence-corrected chi connectivity index (χ4v) is 1.43. The van der Waals surface area contributed by atoms with Gasteiger partial charge in [0.1, 0.15) is 0 Å². The van der Waals surface area contributed by atoms with Crippen LogP contribution < -0.4 is 5.32 Å². The van der Waals surface area contributed by atoms with Crippen molar-refractivity contribution in [3.63, 3.8) is 0 Å². The number of hydrogen-bond donors (Lipinski definition) is 4. The Morgan fingerprint density at radius 2 is 1.79 bits per heavy atom. The van der Waals surface area contributed by atoms with Crippen LogP contribution in [-0.2, 0) is 14.4 Å². The van der Waals surface area contributed by atoms with Gasteiger partial charge in [-0.2, -0.15) is 0 Å². The van der Waals surface area contributed by atoms with Gasteiger partial charge < -0.3 is 15.3 Å². The number of aliphatic carboxylic acids is 1. The summed E-state index contributed by atoms with van der Waals surface area (Å²) in [4.78, 5) is 26.8. The fraction of sp³-hybridized carbons (Fsp3) is 0.500. The molecule has 1 atom stereocenters. The zero-order chi connectivity index (χ0) is 11.4. The number of hydrogen-bond acceptors (Lipinski definition) is 5. The van der Waals surface area contributed by atoms with Crippen molar-refractivity contribution in [2.75, 3.05) is 12.3 Å². The summed E-state index contributed by atoms with van der Waals surface area (Å²) in [5.74, 6) is 0.157. The van der Waals surface area contributed by atoms with E-state index < -0.39 is 5.97 Å². The number of carboxylic acids is 1. The Bertz CT molecular complexity index is 164. The van der Waals surface area contributed by atoms with Gasteiger partial charge in [-0.15, -0.1) is 11.8 Å². The third kappa shape index (κ3) is 10.7. The highest BCUT2D eigenvalue weighted by atomic mass is 32.2. The molecule has 7 nitrogen and oxygen atoms in total. The van der Waals surface area contributed by atoms with Crippen molar-refractivity contribution in [3.05, 3.63) is 0 Å². The minimum absolute atomic E-state index is 0.250. The van der Waals surface area contributed by atoms with Crippen molar-refractivity contribution in [2.45, 2.75) is 5.37 Å². The number of nitrogens with one attached hydrogen (secondary N) is 1. The molecule has 8 heteroatoms. The second-order valence-corrected chi connectivity index (χ2v) is 2.97. The summed E-state index contributed by atoms with van der Waals surface area (Å²) in [6.45, 7) is 0.321. The van der Waals surface area contributed by atoms with Gasteiger partial charge in [0.2, 0.25) is 0 Å². The van der Waals surface area contributed by atoms with Gasteiger partial charge in [0.05, 0.1) is 0 Å². The molecule has 82 valence electrons. The van der Waals surface area contributed by atoms with Crippen LogP contribution >= 0.6 is 11.8 Å². The zero-order valence-corrected chi connectivity index (χ0v) is 7.94. The minimum Gasteiger partial charge on any atom is -0.483 e. The number of rotatable bonds is 1. The van der Waals surface area contributed by atoms with Crippen molar-refractivity contribution < 1.29 is 29.7 Å². The Morgan fingerprint density at radius 3 is 1.93 bits per heavy atom. The topological polar surface area (TPSA) is 124 Å². The quantitative estimate of drug-likeness (QED) is 0.425. The van der Waals surface area contributed by atoms with Gasteiger partial charge in [-0.05, 0) is 0 Å². The molecule has 0 saturated carbocycles. The maximum atomic E-state index is 10.1. The van der Waals surface area contributed by atoms with Crippen LogP contribution in [0, 0.1) is 0 Å². The van der Waals surface area contributed by atoms with Crippen LogP contribution in [0.5, 0.6) is 0 Å². The van der Waals surface area contributed by atoms with E-state index in [0.29, 0.717) is 0 Å². The summed E-state index contributed by atoms with van der Waals surface area (Å²) >= 11 is 1.44. The maximum absolute atomic E-state index is 10.1. The van der Waals surface area contributed by atoms with Gasteiger partial charge in [-0.3, -0.25) is 14.9 Å². The smallest absolute Gasteiger partial charge is 0.331 e. The van der Waals surface area contributed by atoms with E-state index in [2.05, 4.69) is 5.32 Å². The van der Waals surface area contributed by atoms with Gasteiger partial charge in [-0.1, -0.05) is 0 Å². The minimum atomic E-state index is -0.757. The highest BCUT2D eigenvalue weighted by Gasteiger charge is 2.20. The van der Waals surface area contributed by atoms with Crippen LogP contribution in [0.4, 0.5) is 0 Å². The van der Waals surface area contributed by atoms with Crippen LogP contribution in [0.1, 0.15) is 0 Å². The zero-order valence-electron chi connectivity index (χ0n) is 7.12. The van der Waals surface area contributed by atoms with E-state index in [9.17, 15) is 4.79 Å². The Hall–Kier alpha value is -1.28. The van der Waals surface area contributed by atoms with E-state index in [1.165, 1.54) is 11.8 Å². The van der Waals surface area contributed by atoms with E-state index in [0.717, 1.165) is 12.3 Å². The van der Waals surface area contributed by atoms with Crippen molar-refractivity contribution in [1.29, 1.82) is 0 Å². The lowest BCUT2D eigenvalue weighted by atomic mass is 10.6. The number of carbonyl (C=O) groups is 3. The fourth-order valence-electron chi connectivity index (χ4n) is 0.584. The molecule has 14 heavy (non-hydrogen) atoms. The lowest BCUT2D eigenvalue weighted by Crippen LogP contribution is -2.27. The molecule has 0 aromatic heterocycles. The maximum Gasteiger partial charge on any atom is 0.331 e. The molecule has 1 fully saturated rings. The first-order valence-electron chi connectivity index (χ1n) is 3.37. The normalized spacial score (nSPS) is 17.9. The third-order valence-corrected chi connectivity index (χ3v) is 2.08. The summed E-state index contributed by atoms with van der Waals surface area (Å²) in [5.41, 5.74) is 0. The first kappa shape index (κ1) is 15.2. The molecule has 0 radical (unpaired) electrons. The average Bonchev–Trinajstić information content (AvgIpc) is 2.58. The molecule has 0 aromatic rings. The molecule has 1 unspecified atom stereocenters. The molecule has 1 aliphatic rings. The molecular formula is C6H11NO6S. The first-order valence-corrected chi connectivity index (χ1v) is 4.42. The lowest BCUT2D eigenvalue weighted by Gasteiger charge is -1.98. The van der Waals surface area contributed by atoms with Crippen molar-refractivity contribution >= 4 is 30.7 Å². The molecule has 1 rings (SSSR count). The number of thioether (sulfide) groups is 1. The first-order chi connectivity index (χ1) is 6.63. The van der Waals surface area contributed by atoms with E-state index in [4.69, 9.17) is 24.9 Å². The summed E-state index contributed by atoms with van der Waals surface area (Å²) in [5, 5.41) is 24.6. The predicted octanol–water partition coefficient (Wildman–Crippen LogP) is -0.865. The second kappa shape index (κ2) is 11.7. The Morgan fingerprint density at radius 1 is 1.36 bits per heavy atom.